The van der Waals surface area contributed by atoms with Crippen molar-refractivity contribution in [2.24, 2.45) is 0 Å². The SMILES string of the molecule is CCOC(=O)c1ccc(O)c(C(=O)C=Cc2ncc[nH]2)c1. The third kappa shape index (κ3) is 3.56. The number of phenolic OH excluding ortho intramolecular Hbond substituents is 1. The number of aromatic amines is 1. The lowest BCUT2D eigenvalue weighted by Gasteiger charge is -2.05. The summed E-state index contributed by atoms with van der Waals surface area (Å²) in [5.74, 6) is -0.654. The molecular weight excluding hydrogens is 272 g/mol. The molecule has 1 heterocycles. The fraction of sp³-hybridized carbons (Fsp3) is 0.133. The Labute approximate surface area is 121 Å². The number of phenols is 1. The summed E-state index contributed by atoms with van der Waals surface area (Å²) in [4.78, 5) is 30.4. The molecule has 0 saturated heterocycles. The van der Waals surface area contributed by atoms with Crippen LogP contribution >= 0.6 is 0 Å². The molecule has 2 rings (SSSR count). The van der Waals surface area contributed by atoms with Crippen molar-refractivity contribution in [1.82, 2.24) is 9.97 Å². The minimum Gasteiger partial charge on any atom is -0.507 e. The monoisotopic (exact) mass is 286 g/mol. The maximum atomic E-state index is 12.1. The van der Waals surface area contributed by atoms with Gasteiger partial charge in [0.05, 0.1) is 17.7 Å². The number of H-pyrrole nitrogens is 1. The average molecular weight is 286 g/mol. The zero-order valence-electron chi connectivity index (χ0n) is 11.4. The predicted octanol–water partition coefficient (Wildman–Crippen LogP) is 2.19. The highest BCUT2D eigenvalue weighted by Gasteiger charge is 2.14. The van der Waals surface area contributed by atoms with Crippen molar-refractivity contribution in [3.63, 3.8) is 0 Å². The van der Waals surface area contributed by atoms with Crippen molar-refractivity contribution in [3.05, 3.63) is 53.6 Å². The zero-order chi connectivity index (χ0) is 15.2. The molecule has 1 aromatic heterocycles. The maximum Gasteiger partial charge on any atom is 0.338 e. The Morgan fingerprint density at radius 3 is 2.90 bits per heavy atom. The molecule has 21 heavy (non-hydrogen) atoms. The number of hydrogen-bond donors (Lipinski definition) is 2. The minimum atomic E-state index is -0.540. The Hall–Kier alpha value is -2.89. The Bertz CT molecular complexity index is 675. The lowest BCUT2D eigenvalue weighted by Crippen LogP contribution is -2.06. The van der Waals surface area contributed by atoms with E-state index in [0.717, 1.165) is 0 Å². The summed E-state index contributed by atoms with van der Waals surface area (Å²) in [6, 6.07) is 4.00. The number of imidazole rings is 1. The number of allylic oxidation sites excluding steroid dienone is 1. The van der Waals surface area contributed by atoms with Crippen molar-refractivity contribution in [1.29, 1.82) is 0 Å². The Morgan fingerprint density at radius 1 is 1.43 bits per heavy atom. The van der Waals surface area contributed by atoms with Gasteiger partial charge in [-0.3, -0.25) is 4.79 Å². The lowest BCUT2D eigenvalue weighted by molar-refractivity contribution is 0.0526. The third-order valence-electron chi connectivity index (χ3n) is 2.69. The smallest absolute Gasteiger partial charge is 0.338 e. The number of ketones is 1. The van der Waals surface area contributed by atoms with Gasteiger partial charge in [-0.05, 0) is 37.3 Å². The molecule has 108 valence electrons. The molecule has 6 nitrogen and oxygen atoms in total. The number of rotatable bonds is 5. The average Bonchev–Trinajstić information content (AvgIpc) is 2.98. The molecule has 2 N–H and O–H groups in total. The van der Waals surface area contributed by atoms with Crippen LogP contribution in [-0.2, 0) is 4.74 Å². The summed E-state index contributed by atoms with van der Waals surface area (Å²) in [7, 11) is 0. The lowest BCUT2D eigenvalue weighted by atomic mass is 10.1. The van der Waals surface area contributed by atoms with Gasteiger partial charge < -0.3 is 14.8 Å². The van der Waals surface area contributed by atoms with Crippen LogP contribution in [0.15, 0.2) is 36.7 Å². The first-order chi connectivity index (χ1) is 10.1. The van der Waals surface area contributed by atoms with Crippen LogP contribution in [0.4, 0.5) is 0 Å². The van der Waals surface area contributed by atoms with Crippen LogP contribution in [0.25, 0.3) is 6.08 Å². The molecule has 2 aromatic rings. The van der Waals surface area contributed by atoms with E-state index in [0.29, 0.717) is 5.82 Å². The Morgan fingerprint density at radius 2 is 2.24 bits per heavy atom. The highest BCUT2D eigenvalue weighted by molar-refractivity contribution is 6.09. The molecule has 0 spiro atoms. The number of carbonyl (C=O) groups is 2. The van der Waals surface area contributed by atoms with Gasteiger partial charge in [-0.15, -0.1) is 0 Å². The van der Waals surface area contributed by atoms with Crippen LogP contribution in [0.5, 0.6) is 5.75 Å². The van der Waals surface area contributed by atoms with E-state index in [1.165, 1.54) is 30.4 Å². The summed E-state index contributed by atoms with van der Waals surface area (Å²) in [6.07, 6.45) is 5.94. The highest BCUT2D eigenvalue weighted by atomic mass is 16.5. The van der Waals surface area contributed by atoms with Crippen LogP contribution in [0, 0.1) is 0 Å². The number of aromatic nitrogens is 2. The molecule has 6 heteroatoms. The van der Waals surface area contributed by atoms with Crippen LogP contribution in [0.3, 0.4) is 0 Å². The highest BCUT2D eigenvalue weighted by Crippen LogP contribution is 2.20. The second-order valence-electron chi connectivity index (χ2n) is 4.12. The number of nitrogens with one attached hydrogen (secondary N) is 1. The van der Waals surface area contributed by atoms with Gasteiger partial charge in [0.15, 0.2) is 5.78 Å². The Kier molecular flexibility index (Phi) is 4.50. The van der Waals surface area contributed by atoms with Crippen LogP contribution in [-0.4, -0.2) is 33.4 Å². The van der Waals surface area contributed by atoms with E-state index in [1.54, 1.807) is 19.3 Å². The number of hydrogen-bond acceptors (Lipinski definition) is 5. The van der Waals surface area contributed by atoms with Gasteiger partial charge in [-0.2, -0.15) is 0 Å². The number of carbonyl (C=O) groups excluding carboxylic acids is 2. The first-order valence-corrected chi connectivity index (χ1v) is 6.33. The van der Waals surface area contributed by atoms with E-state index in [-0.39, 0.29) is 23.5 Å². The van der Waals surface area contributed by atoms with Crippen molar-refractivity contribution < 1.29 is 19.4 Å². The summed E-state index contributed by atoms with van der Waals surface area (Å²) < 4.78 is 4.86. The first-order valence-electron chi connectivity index (χ1n) is 6.33. The number of nitrogens with zero attached hydrogens (tertiary/aromatic N) is 1. The van der Waals surface area contributed by atoms with Gasteiger partial charge in [-0.25, -0.2) is 9.78 Å². The zero-order valence-corrected chi connectivity index (χ0v) is 11.4. The third-order valence-corrected chi connectivity index (χ3v) is 2.69. The van der Waals surface area contributed by atoms with E-state index in [1.807, 2.05) is 0 Å². The molecule has 0 saturated carbocycles. The molecule has 0 unspecified atom stereocenters. The maximum absolute atomic E-state index is 12.1. The summed E-state index contributed by atoms with van der Waals surface area (Å²) in [5.41, 5.74) is 0.243. The molecule has 0 atom stereocenters. The van der Waals surface area contributed by atoms with E-state index in [2.05, 4.69) is 9.97 Å². The molecule has 1 aromatic carbocycles. The first kappa shape index (κ1) is 14.5. The summed E-state index contributed by atoms with van der Waals surface area (Å²) in [5, 5.41) is 9.74. The van der Waals surface area contributed by atoms with Crippen molar-refractivity contribution in [2.45, 2.75) is 6.92 Å². The second-order valence-corrected chi connectivity index (χ2v) is 4.12. The molecule has 0 aliphatic heterocycles. The van der Waals surface area contributed by atoms with Crippen molar-refractivity contribution >= 4 is 17.8 Å². The molecule has 0 amide bonds. The molecule has 0 bridgehead atoms. The van der Waals surface area contributed by atoms with E-state index >= 15 is 0 Å². The fourth-order valence-electron chi connectivity index (χ4n) is 1.69. The topological polar surface area (TPSA) is 92.3 Å². The van der Waals surface area contributed by atoms with E-state index in [9.17, 15) is 14.7 Å². The molecule has 0 aliphatic carbocycles. The van der Waals surface area contributed by atoms with Crippen molar-refractivity contribution in [2.75, 3.05) is 6.61 Å². The van der Waals surface area contributed by atoms with E-state index in [4.69, 9.17) is 4.74 Å². The molecule has 0 aliphatic rings. The van der Waals surface area contributed by atoms with Crippen molar-refractivity contribution in [3.8, 4) is 5.75 Å². The summed E-state index contributed by atoms with van der Waals surface area (Å²) >= 11 is 0. The predicted molar refractivity (Wildman–Crippen MR) is 76.0 cm³/mol. The van der Waals surface area contributed by atoms with Crippen LogP contribution in [0.1, 0.15) is 33.5 Å². The largest absolute Gasteiger partial charge is 0.507 e. The molecule has 0 fully saturated rings. The number of esters is 1. The molecule has 0 radical (unpaired) electrons. The normalized spacial score (nSPS) is 10.7. The standard InChI is InChI=1S/C15H14N2O4/c1-2-21-15(20)10-3-4-12(18)11(9-10)13(19)5-6-14-16-7-8-17-14/h3-9,18H,2H2,1H3,(H,16,17). The number of ether oxygens (including phenoxy) is 1. The molecular formula is C15H14N2O4. The number of benzene rings is 1. The van der Waals surface area contributed by atoms with Crippen LogP contribution in [0.2, 0.25) is 0 Å². The number of aromatic hydroxyl groups is 1. The Balaban J connectivity index is 2.23. The van der Waals surface area contributed by atoms with Gasteiger partial charge in [0.2, 0.25) is 0 Å². The quantitative estimate of drug-likeness (QED) is 0.499. The summed E-state index contributed by atoms with van der Waals surface area (Å²) in [6.45, 7) is 1.93. The van der Waals surface area contributed by atoms with Gasteiger partial charge in [0.1, 0.15) is 11.6 Å². The second kappa shape index (κ2) is 6.51. The van der Waals surface area contributed by atoms with Gasteiger partial charge in [-0.1, -0.05) is 0 Å². The van der Waals surface area contributed by atoms with Gasteiger partial charge in [0, 0.05) is 12.4 Å². The minimum absolute atomic E-state index is 0.0309. The van der Waals surface area contributed by atoms with E-state index < -0.39 is 11.8 Å². The fourth-order valence-corrected chi connectivity index (χ4v) is 1.69. The van der Waals surface area contributed by atoms with Gasteiger partial charge in [0.25, 0.3) is 0 Å². The van der Waals surface area contributed by atoms with Crippen LogP contribution < -0.4 is 0 Å². The van der Waals surface area contributed by atoms with Gasteiger partial charge >= 0.3 is 5.97 Å².